The van der Waals surface area contributed by atoms with Crippen molar-refractivity contribution in [2.45, 2.75) is 6.92 Å². The summed E-state index contributed by atoms with van der Waals surface area (Å²) in [6, 6.07) is 0. The second kappa shape index (κ2) is 24.2. The molecular formula is C3H8Yb. The van der Waals surface area contributed by atoms with Gasteiger partial charge in [-0.1, -0.05) is 0 Å². The zero-order valence-electron chi connectivity index (χ0n) is 2.97. The standard InChI is InChI=1S/C2H5.CH3.Yb/c1-2;;/h1H2,2H3;1H3;/q2*-1;+2. The van der Waals surface area contributed by atoms with Gasteiger partial charge in [-0.2, -0.15) is 6.92 Å². The summed E-state index contributed by atoms with van der Waals surface area (Å²) in [6.45, 7) is 5.00. The molecule has 0 aliphatic heterocycles. The van der Waals surface area contributed by atoms with E-state index in [1.807, 2.05) is 0 Å². The van der Waals surface area contributed by atoms with E-state index >= 15 is 0 Å². The van der Waals surface area contributed by atoms with Crippen LogP contribution in [0.1, 0.15) is 6.92 Å². The van der Waals surface area contributed by atoms with E-state index < -0.39 is 0 Å². The second-order valence-electron chi connectivity index (χ2n) is 0. The first kappa shape index (κ1) is 17.8. The molecule has 0 saturated carbocycles. The van der Waals surface area contributed by atoms with E-state index in [2.05, 4.69) is 6.92 Å². The first-order valence-electron chi connectivity index (χ1n) is 0.707. The molecule has 0 fully saturated rings. The van der Waals surface area contributed by atoms with Crippen molar-refractivity contribution in [1.82, 2.24) is 0 Å². The van der Waals surface area contributed by atoms with Crippen LogP contribution >= 0.6 is 0 Å². The average molecular weight is 217 g/mol. The van der Waals surface area contributed by atoms with Gasteiger partial charge in [-0.25, -0.2) is 0 Å². The van der Waals surface area contributed by atoms with Crippen molar-refractivity contribution in [3.63, 3.8) is 0 Å². The second-order valence-corrected chi connectivity index (χ2v) is 0. The molecule has 0 radical (unpaired) electrons. The van der Waals surface area contributed by atoms with E-state index in [9.17, 15) is 0 Å². The molecule has 0 nitrogen and oxygen atoms in total. The van der Waals surface area contributed by atoms with E-state index in [1.54, 1.807) is 6.92 Å². The minimum atomic E-state index is 0. The van der Waals surface area contributed by atoms with Gasteiger partial charge in [0.05, 0.1) is 0 Å². The molecule has 0 aliphatic rings. The molecule has 0 aliphatic carbocycles. The topological polar surface area (TPSA) is 0 Å². The van der Waals surface area contributed by atoms with Crippen molar-refractivity contribution in [1.29, 1.82) is 0 Å². The minimum absolute atomic E-state index is 0. The predicted octanol–water partition coefficient (Wildman–Crippen LogP) is 1.29. The van der Waals surface area contributed by atoms with Crippen LogP contribution in [0.15, 0.2) is 0 Å². The van der Waals surface area contributed by atoms with E-state index in [4.69, 9.17) is 0 Å². The fourth-order valence-electron chi connectivity index (χ4n) is 0. The van der Waals surface area contributed by atoms with Crippen LogP contribution in [-0.4, -0.2) is 0 Å². The molecule has 0 aromatic rings. The zero-order valence-corrected chi connectivity index (χ0v) is 4.69. The summed E-state index contributed by atoms with van der Waals surface area (Å²) in [5.41, 5.74) is 0. The Bertz CT molecular complexity index is 3.25. The Labute approximate surface area is 67.2 Å². The van der Waals surface area contributed by atoms with Gasteiger partial charge in [0.25, 0.3) is 0 Å². The van der Waals surface area contributed by atoms with Gasteiger partial charge in [0, 0.05) is 0 Å². The molecule has 1 heteroatoms. The molecule has 0 aromatic heterocycles. The van der Waals surface area contributed by atoms with Crippen LogP contribution in [-0.2, 0) is 0 Å². The molecule has 34 valence electrons. The van der Waals surface area contributed by atoms with E-state index in [-0.39, 0.29) is 54.4 Å². The maximum Gasteiger partial charge on any atom is 2.00 e. The molecule has 0 aromatic carbocycles. The molecule has 0 rings (SSSR count). The van der Waals surface area contributed by atoms with Crippen LogP contribution in [0.4, 0.5) is 0 Å². The molecule has 0 bridgehead atoms. The summed E-state index contributed by atoms with van der Waals surface area (Å²) >= 11 is 0. The molecule has 0 N–H and O–H groups in total. The molecule has 0 unspecified atom stereocenters. The average Bonchev–Trinajstić information content (AvgIpc) is 1.00. The van der Waals surface area contributed by atoms with E-state index in [1.165, 1.54) is 0 Å². The predicted molar refractivity (Wildman–Crippen MR) is 17.4 cm³/mol. The van der Waals surface area contributed by atoms with Crippen molar-refractivity contribution in [2.75, 3.05) is 0 Å². The van der Waals surface area contributed by atoms with Gasteiger partial charge in [0.1, 0.15) is 0 Å². The number of hydrogen-bond acceptors (Lipinski definition) is 0. The Morgan fingerprint density at radius 3 is 1.25 bits per heavy atom. The third kappa shape index (κ3) is 9.68. The van der Waals surface area contributed by atoms with Crippen LogP contribution in [0.5, 0.6) is 0 Å². The van der Waals surface area contributed by atoms with Crippen LogP contribution in [0.2, 0.25) is 0 Å². The van der Waals surface area contributed by atoms with Gasteiger partial charge in [-0.15, -0.1) is 0 Å². The fourth-order valence-corrected chi connectivity index (χ4v) is 0. The third-order valence-electron chi connectivity index (χ3n) is 0. The van der Waals surface area contributed by atoms with Gasteiger partial charge in [-0.05, 0) is 0 Å². The molecule has 4 heavy (non-hydrogen) atoms. The van der Waals surface area contributed by atoms with Gasteiger partial charge >= 0.3 is 46.9 Å². The van der Waals surface area contributed by atoms with E-state index in [0.717, 1.165) is 0 Å². The Kier molecular flexibility index (Phi) is 108. The maximum absolute atomic E-state index is 3.25. The zero-order chi connectivity index (χ0) is 2.00. The number of hydrogen-bond donors (Lipinski definition) is 0. The smallest absolute Gasteiger partial charge is 0.358 e. The summed E-state index contributed by atoms with van der Waals surface area (Å²) < 4.78 is 0. The van der Waals surface area contributed by atoms with Gasteiger partial charge in [0.2, 0.25) is 0 Å². The largest absolute Gasteiger partial charge is 2.00 e. The molecule has 0 amide bonds. The van der Waals surface area contributed by atoms with Crippen molar-refractivity contribution < 1.29 is 46.9 Å². The van der Waals surface area contributed by atoms with Crippen LogP contribution in [0, 0.1) is 61.3 Å². The van der Waals surface area contributed by atoms with Crippen molar-refractivity contribution >= 4 is 0 Å². The summed E-state index contributed by atoms with van der Waals surface area (Å²) in [6.07, 6.45) is 0. The van der Waals surface area contributed by atoms with Gasteiger partial charge in [-0.3, -0.25) is 0 Å². The fraction of sp³-hybridized carbons (Fsp3) is 0.333. The molecule has 0 saturated heterocycles. The van der Waals surface area contributed by atoms with Gasteiger partial charge in [0.15, 0.2) is 0 Å². The maximum atomic E-state index is 3.25. The van der Waals surface area contributed by atoms with E-state index in [0.29, 0.717) is 0 Å². The Hall–Kier alpha value is 1.52. The quantitative estimate of drug-likeness (QED) is 0.536. The van der Waals surface area contributed by atoms with Crippen molar-refractivity contribution in [3.8, 4) is 0 Å². The molecule has 0 atom stereocenters. The molecular weight excluding hydrogens is 209 g/mol. The first-order valence-corrected chi connectivity index (χ1v) is 0.707. The first-order chi connectivity index (χ1) is 1.00. The normalized spacial score (nSPS) is 1.50. The minimum Gasteiger partial charge on any atom is -0.358 e. The Morgan fingerprint density at radius 2 is 1.25 bits per heavy atom. The molecule has 0 spiro atoms. The number of rotatable bonds is 0. The summed E-state index contributed by atoms with van der Waals surface area (Å²) in [7, 11) is 0. The van der Waals surface area contributed by atoms with Crippen LogP contribution in [0.25, 0.3) is 0 Å². The molecule has 0 heterocycles. The van der Waals surface area contributed by atoms with Crippen LogP contribution in [0.3, 0.4) is 0 Å². The van der Waals surface area contributed by atoms with Crippen LogP contribution < -0.4 is 0 Å². The third-order valence-corrected chi connectivity index (χ3v) is 0. The summed E-state index contributed by atoms with van der Waals surface area (Å²) in [5.74, 6) is 0. The summed E-state index contributed by atoms with van der Waals surface area (Å²) in [5, 5.41) is 0. The SMILES string of the molecule is [CH2-]C.[CH3-].[Yb+2]. The monoisotopic (exact) mass is 218 g/mol. The van der Waals surface area contributed by atoms with Crippen molar-refractivity contribution in [3.05, 3.63) is 14.4 Å². The van der Waals surface area contributed by atoms with Crippen molar-refractivity contribution in [2.24, 2.45) is 0 Å². The Morgan fingerprint density at radius 1 is 1.25 bits per heavy atom. The van der Waals surface area contributed by atoms with Gasteiger partial charge < -0.3 is 14.4 Å². The Balaban J connectivity index is -0.00000000500. The summed E-state index contributed by atoms with van der Waals surface area (Å²) in [4.78, 5) is 0.